The maximum Gasteiger partial charge on any atom is 0.252 e. The smallest absolute Gasteiger partial charge is 0.252 e. The monoisotopic (exact) mass is 296 g/mol. The summed E-state index contributed by atoms with van der Waals surface area (Å²) in [7, 11) is 0. The van der Waals surface area contributed by atoms with Gasteiger partial charge in [0.1, 0.15) is 0 Å². The third kappa shape index (κ3) is 2.30. The number of aromatic nitrogens is 1. The van der Waals surface area contributed by atoms with Crippen molar-refractivity contribution in [3.8, 4) is 0 Å². The largest absolute Gasteiger partial charge is 0.387 e. The first-order valence-electron chi connectivity index (χ1n) is 7.34. The third-order valence-electron chi connectivity index (χ3n) is 5.12. The van der Waals surface area contributed by atoms with Gasteiger partial charge >= 0.3 is 0 Å². The molecule has 2 heterocycles. The number of nitrogens with zero attached hydrogens (tertiary/aromatic N) is 1. The predicted octanol–water partition coefficient (Wildman–Crippen LogP) is 1.79. The van der Waals surface area contributed by atoms with Crippen molar-refractivity contribution in [2.45, 2.75) is 44.2 Å². The summed E-state index contributed by atoms with van der Waals surface area (Å²) in [5.74, 6) is 0. The molecule has 1 saturated heterocycles. The molecule has 5 heteroatoms. The quantitative estimate of drug-likeness (QED) is 0.875. The van der Waals surface area contributed by atoms with Crippen molar-refractivity contribution in [3.63, 3.8) is 0 Å². The average Bonchev–Trinajstić information content (AvgIpc) is 2.87. The molecule has 1 aromatic rings. The molecular weight excluding hydrogens is 276 g/mol. The van der Waals surface area contributed by atoms with Gasteiger partial charge in [-0.2, -0.15) is 0 Å². The molecule has 0 aromatic carbocycles. The molecule has 2 N–H and O–H groups in total. The summed E-state index contributed by atoms with van der Waals surface area (Å²) in [6, 6.07) is 3.11. The van der Waals surface area contributed by atoms with Crippen LogP contribution in [0, 0.1) is 5.41 Å². The molecule has 1 aliphatic carbocycles. The Kier molecular flexibility index (Phi) is 3.65. The van der Waals surface area contributed by atoms with E-state index in [1.165, 1.54) is 18.9 Å². The van der Waals surface area contributed by atoms with E-state index in [2.05, 4.69) is 5.32 Å². The van der Waals surface area contributed by atoms with Gasteiger partial charge in [-0.25, -0.2) is 0 Å². The van der Waals surface area contributed by atoms with E-state index in [0.29, 0.717) is 18.0 Å². The Bertz CT molecular complexity index is 551. The molecule has 1 spiro atoms. The van der Waals surface area contributed by atoms with Gasteiger partial charge in [-0.1, -0.05) is 24.4 Å². The van der Waals surface area contributed by atoms with Crippen LogP contribution >= 0.6 is 11.6 Å². The first-order chi connectivity index (χ1) is 9.55. The molecule has 0 bridgehead atoms. The van der Waals surface area contributed by atoms with Crippen LogP contribution < -0.4 is 10.9 Å². The SMILES string of the molecule is O=c1cc(Cl)ccn1CC1(O)CCNCC12CCCC2. The maximum atomic E-state index is 12.0. The van der Waals surface area contributed by atoms with Crippen molar-refractivity contribution in [1.29, 1.82) is 0 Å². The molecular formula is C15H21ClN2O2. The fraction of sp³-hybridized carbons (Fsp3) is 0.667. The molecule has 3 rings (SSSR count). The van der Waals surface area contributed by atoms with Crippen molar-refractivity contribution in [1.82, 2.24) is 9.88 Å². The highest BCUT2D eigenvalue weighted by Crippen LogP contribution is 2.49. The molecule has 4 nitrogen and oxygen atoms in total. The molecule has 2 aliphatic rings. The van der Waals surface area contributed by atoms with Crippen LogP contribution in [-0.2, 0) is 6.54 Å². The zero-order chi connectivity index (χ0) is 14.2. The van der Waals surface area contributed by atoms with Crippen molar-refractivity contribution in [3.05, 3.63) is 33.7 Å². The van der Waals surface area contributed by atoms with Gasteiger partial charge in [0.2, 0.25) is 0 Å². The number of nitrogens with one attached hydrogen (secondary N) is 1. The van der Waals surface area contributed by atoms with Gasteiger partial charge in [-0.3, -0.25) is 4.79 Å². The van der Waals surface area contributed by atoms with Crippen LogP contribution in [0.1, 0.15) is 32.1 Å². The lowest BCUT2D eigenvalue weighted by atomic mass is 9.66. The molecule has 0 radical (unpaired) electrons. The van der Waals surface area contributed by atoms with E-state index in [1.807, 2.05) is 0 Å². The Morgan fingerprint density at radius 1 is 1.35 bits per heavy atom. The summed E-state index contributed by atoms with van der Waals surface area (Å²) in [6.07, 6.45) is 6.80. The summed E-state index contributed by atoms with van der Waals surface area (Å²) < 4.78 is 1.59. The summed E-state index contributed by atoms with van der Waals surface area (Å²) in [5.41, 5.74) is -1.02. The van der Waals surface area contributed by atoms with Crippen LogP contribution in [-0.4, -0.2) is 28.4 Å². The van der Waals surface area contributed by atoms with Crippen LogP contribution in [0.4, 0.5) is 0 Å². The second-order valence-corrected chi connectivity index (χ2v) is 6.69. The van der Waals surface area contributed by atoms with Crippen LogP contribution in [0.15, 0.2) is 23.1 Å². The van der Waals surface area contributed by atoms with E-state index in [9.17, 15) is 9.90 Å². The number of pyridine rings is 1. The molecule has 2 fully saturated rings. The fourth-order valence-corrected chi connectivity index (χ4v) is 4.04. The van der Waals surface area contributed by atoms with Gasteiger partial charge in [0.15, 0.2) is 0 Å². The van der Waals surface area contributed by atoms with Crippen molar-refractivity contribution in [2.75, 3.05) is 13.1 Å². The van der Waals surface area contributed by atoms with Crippen molar-refractivity contribution in [2.24, 2.45) is 5.41 Å². The molecule has 0 amide bonds. The zero-order valence-electron chi connectivity index (χ0n) is 11.6. The first-order valence-corrected chi connectivity index (χ1v) is 7.72. The minimum absolute atomic E-state index is 0.0790. The van der Waals surface area contributed by atoms with E-state index in [-0.39, 0.29) is 11.0 Å². The van der Waals surface area contributed by atoms with Crippen LogP contribution in [0.2, 0.25) is 5.02 Å². The van der Waals surface area contributed by atoms with Gasteiger partial charge in [-0.05, 0) is 31.9 Å². The van der Waals surface area contributed by atoms with Gasteiger partial charge < -0.3 is 15.0 Å². The third-order valence-corrected chi connectivity index (χ3v) is 5.35. The van der Waals surface area contributed by atoms with E-state index < -0.39 is 5.60 Å². The normalized spacial score (nSPS) is 28.9. The van der Waals surface area contributed by atoms with Crippen molar-refractivity contribution < 1.29 is 5.11 Å². The number of hydrogen-bond donors (Lipinski definition) is 2. The highest BCUT2D eigenvalue weighted by molar-refractivity contribution is 6.30. The maximum absolute atomic E-state index is 12.0. The lowest BCUT2D eigenvalue weighted by Crippen LogP contribution is -2.60. The average molecular weight is 297 g/mol. The molecule has 20 heavy (non-hydrogen) atoms. The van der Waals surface area contributed by atoms with Gasteiger partial charge in [-0.15, -0.1) is 0 Å². The Labute approximate surface area is 123 Å². The summed E-state index contributed by atoms with van der Waals surface area (Å²) in [5, 5.41) is 15.1. The minimum Gasteiger partial charge on any atom is -0.387 e. The van der Waals surface area contributed by atoms with Gasteiger partial charge in [0.05, 0.1) is 12.1 Å². The molecule has 1 unspecified atom stereocenters. The number of aliphatic hydroxyl groups is 1. The molecule has 110 valence electrons. The lowest BCUT2D eigenvalue weighted by molar-refractivity contribution is -0.115. The zero-order valence-corrected chi connectivity index (χ0v) is 12.3. The fourth-order valence-electron chi connectivity index (χ4n) is 3.89. The van der Waals surface area contributed by atoms with Crippen LogP contribution in [0.5, 0.6) is 0 Å². The summed E-state index contributed by atoms with van der Waals surface area (Å²) >= 11 is 5.83. The Morgan fingerprint density at radius 2 is 2.10 bits per heavy atom. The Morgan fingerprint density at radius 3 is 2.80 bits per heavy atom. The number of halogens is 1. The Hall–Kier alpha value is -0.840. The topological polar surface area (TPSA) is 54.3 Å². The summed E-state index contributed by atoms with van der Waals surface area (Å²) in [6.45, 7) is 2.02. The van der Waals surface area contributed by atoms with Gasteiger partial charge in [0.25, 0.3) is 5.56 Å². The van der Waals surface area contributed by atoms with Gasteiger partial charge in [0, 0.05) is 29.2 Å². The molecule has 1 saturated carbocycles. The highest BCUT2D eigenvalue weighted by atomic mass is 35.5. The molecule has 1 aliphatic heterocycles. The Balaban J connectivity index is 1.91. The minimum atomic E-state index is -0.799. The van der Waals surface area contributed by atoms with E-state index in [0.717, 1.165) is 25.9 Å². The van der Waals surface area contributed by atoms with E-state index >= 15 is 0 Å². The van der Waals surface area contributed by atoms with Crippen LogP contribution in [0.3, 0.4) is 0 Å². The molecule has 1 aromatic heterocycles. The predicted molar refractivity (Wildman–Crippen MR) is 79.0 cm³/mol. The number of piperidine rings is 1. The first kappa shape index (κ1) is 14.1. The summed E-state index contributed by atoms with van der Waals surface area (Å²) in [4.78, 5) is 12.0. The second-order valence-electron chi connectivity index (χ2n) is 6.26. The number of rotatable bonds is 2. The highest BCUT2D eigenvalue weighted by Gasteiger charge is 2.53. The van der Waals surface area contributed by atoms with Crippen molar-refractivity contribution >= 4 is 11.6 Å². The second kappa shape index (κ2) is 5.17. The van der Waals surface area contributed by atoms with Crippen LogP contribution in [0.25, 0.3) is 0 Å². The standard InChI is InChI=1S/C15H21ClN2O2/c16-12-3-8-18(13(19)9-12)11-15(20)6-7-17-10-14(15)4-1-2-5-14/h3,8-9,17,20H,1-2,4-7,10-11H2. The van der Waals surface area contributed by atoms with E-state index in [1.54, 1.807) is 16.8 Å². The van der Waals surface area contributed by atoms with E-state index in [4.69, 9.17) is 11.6 Å². The lowest BCUT2D eigenvalue weighted by Gasteiger charge is -2.49. The molecule has 1 atom stereocenters. The number of hydrogen-bond acceptors (Lipinski definition) is 3.